The molecule has 0 aliphatic carbocycles. The molecule has 3 aromatic rings. The highest BCUT2D eigenvalue weighted by Crippen LogP contribution is 2.38. The maximum atomic E-state index is 11.6. The third-order valence-corrected chi connectivity index (χ3v) is 3.20. The molecule has 1 aromatic carbocycles. The Balaban J connectivity index is 1.71. The maximum absolute atomic E-state index is 11.6. The second-order valence-electron chi connectivity index (χ2n) is 4.60. The zero-order valence-electron chi connectivity index (χ0n) is 11.6. The molecule has 0 saturated carbocycles. The summed E-state index contributed by atoms with van der Waals surface area (Å²) >= 11 is 0. The second-order valence-corrected chi connectivity index (χ2v) is 4.60. The van der Waals surface area contributed by atoms with Crippen LogP contribution >= 0.6 is 0 Å². The van der Waals surface area contributed by atoms with Gasteiger partial charge in [-0.05, 0) is 19.1 Å². The minimum atomic E-state index is -0.557. The van der Waals surface area contributed by atoms with Gasteiger partial charge in [-0.3, -0.25) is 0 Å². The van der Waals surface area contributed by atoms with E-state index in [1.54, 1.807) is 19.1 Å². The summed E-state index contributed by atoms with van der Waals surface area (Å²) < 4.78 is 26.5. The normalized spacial score (nSPS) is 12.8. The first-order chi connectivity index (χ1) is 10.7. The molecule has 0 radical (unpaired) electrons. The standard InChI is InChI=1S/C15H11NO6/c1-2-18-15(17)13-6-16-14(22-13)12-4-8-3-10-11(20-7-19-10)5-9(8)21-12/h3-6H,2,7H2,1H3. The highest BCUT2D eigenvalue weighted by atomic mass is 16.7. The van der Waals surface area contributed by atoms with Gasteiger partial charge in [0.2, 0.25) is 12.6 Å². The van der Waals surface area contributed by atoms with Crippen molar-refractivity contribution >= 4 is 16.9 Å². The molecule has 112 valence electrons. The van der Waals surface area contributed by atoms with Gasteiger partial charge in [0.1, 0.15) is 5.58 Å². The van der Waals surface area contributed by atoms with E-state index in [2.05, 4.69) is 4.98 Å². The van der Waals surface area contributed by atoms with E-state index in [-0.39, 0.29) is 25.1 Å². The highest BCUT2D eigenvalue weighted by Gasteiger charge is 2.20. The van der Waals surface area contributed by atoms with E-state index in [0.717, 1.165) is 5.39 Å². The zero-order valence-corrected chi connectivity index (χ0v) is 11.6. The van der Waals surface area contributed by atoms with Gasteiger partial charge in [0.25, 0.3) is 5.89 Å². The number of furan rings is 1. The van der Waals surface area contributed by atoms with Gasteiger partial charge in [-0.25, -0.2) is 9.78 Å². The van der Waals surface area contributed by atoms with E-state index in [0.29, 0.717) is 22.8 Å². The molecular weight excluding hydrogens is 290 g/mol. The first-order valence-electron chi connectivity index (χ1n) is 6.71. The molecule has 0 atom stereocenters. The Labute approximate surface area is 124 Å². The van der Waals surface area contributed by atoms with Crippen LogP contribution in [0.2, 0.25) is 0 Å². The van der Waals surface area contributed by atoms with Gasteiger partial charge in [-0.1, -0.05) is 0 Å². The van der Waals surface area contributed by atoms with E-state index in [1.807, 2.05) is 6.07 Å². The van der Waals surface area contributed by atoms with Gasteiger partial charge in [0.15, 0.2) is 17.3 Å². The summed E-state index contributed by atoms with van der Waals surface area (Å²) in [6, 6.07) is 5.33. The molecule has 0 fully saturated rings. The number of nitrogens with zero attached hydrogens (tertiary/aromatic N) is 1. The molecule has 0 spiro atoms. The fraction of sp³-hybridized carbons (Fsp3) is 0.200. The van der Waals surface area contributed by atoms with Gasteiger partial charge in [0.05, 0.1) is 12.8 Å². The maximum Gasteiger partial charge on any atom is 0.375 e. The largest absolute Gasteiger partial charge is 0.460 e. The van der Waals surface area contributed by atoms with Crippen molar-refractivity contribution in [2.45, 2.75) is 6.92 Å². The van der Waals surface area contributed by atoms with Crippen molar-refractivity contribution in [3.8, 4) is 23.1 Å². The molecule has 0 saturated heterocycles. The van der Waals surface area contributed by atoms with E-state index < -0.39 is 5.97 Å². The molecule has 1 aliphatic rings. The molecule has 7 nitrogen and oxygen atoms in total. The number of hydrogen-bond donors (Lipinski definition) is 0. The number of carbonyl (C=O) groups is 1. The zero-order chi connectivity index (χ0) is 15.1. The van der Waals surface area contributed by atoms with Gasteiger partial charge < -0.3 is 23.0 Å². The lowest BCUT2D eigenvalue weighted by molar-refractivity contribution is 0.0491. The molecule has 22 heavy (non-hydrogen) atoms. The van der Waals surface area contributed by atoms with Crippen LogP contribution in [0.4, 0.5) is 0 Å². The third-order valence-electron chi connectivity index (χ3n) is 3.20. The van der Waals surface area contributed by atoms with Crippen molar-refractivity contribution in [2.75, 3.05) is 13.4 Å². The number of rotatable bonds is 3. The van der Waals surface area contributed by atoms with Crippen LogP contribution in [0.5, 0.6) is 11.5 Å². The molecule has 0 bridgehead atoms. The van der Waals surface area contributed by atoms with Crippen LogP contribution in [0.1, 0.15) is 17.5 Å². The van der Waals surface area contributed by atoms with Crippen LogP contribution in [0, 0.1) is 0 Å². The van der Waals surface area contributed by atoms with Gasteiger partial charge >= 0.3 is 5.97 Å². The molecule has 2 aromatic heterocycles. The van der Waals surface area contributed by atoms with E-state index in [9.17, 15) is 4.79 Å². The van der Waals surface area contributed by atoms with Gasteiger partial charge in [0, 0.05) is 11.5 Å². The minimum Gasteiger partial charge on any atom is -0.460 e. The van der Waals surface area contributed by atoms with Crippen LogP contribution in [0.3, 0.4) is 0 Å². The Hall–Kier alpha value is -2.96. The van der Waals surface area contributed by atoms with Crippen molar-refractivity contribution in [3.63, 3.8) is 0 Å². The number of fused-ring (bicyclic) bond motifs is 2. The lowest BCUT2D eigenvalue weighted by Crippen LogP contribution is -2.02. The Morgan fingerprint density at radius 1 is 1.23 bits per heavy atom. The fourth-order valence-electron chi connectivity index (χ4n) is 2.22. The Bertz CT molecular complexity index is 821. The number of benzene rings is 1. The first kappa shape index (κ1) is 12.8. The molecule has 1 aliphatic heterocycles. The Morgan fingerprint density at radius 3 is 2.86 bits per heavy atom. The highest BCUT2D eigenvalue weighted by molar-refractivity contribution is 5.87. The number of aromatic nitrogens is 1. The molecule has 4 rings (SSSR count). The van der Waals surface area contributed by atoms with Crippen LogP contribution in [-0.4, -0.2) is 24.4 Å². The number of esters is 1. The van der Waals surface area contributed by atoms with Crippen LogP contribution in [0.15, 0.2) is 33.2 Å². The van der Waals surface area contributed by atoms with Crippen molar-refractivity contribution in [3.05, 3.63) is 30.2 Å². The van der Waals surface area contributed by atoms with Crippen molar-refractivity contribution in [1.29, 1.82) is 0 Å². The Kier molecular flexibility index (Phi) is 2.78. The predicted octanol–water partition coefficient (Wildman–Crippen LogP) is 2.99. The predicted molar refractivity (Wildman–Crippen MR) is 73.8 cm³/mol. The summed E-state index contributed by atoms with van der Waals surface area (Å²) in [6.45, 7) is 2.19. The molecular formula is C15H11NO6. The molecule has 3 heterocycles. The van der Waals surface area contributed by atoms with Crippen LogP contribution in [-0.2, 0) is 4.74 Å². The van der Waals surface area contributed by atoms with Gasteiger partial charge in [-0.15, -0.1) is 0 Å². The summed E-state index contributed by atoms with van der Waals surface area (Å²) in [6.07, 6.45) is 1.31. The van der Waals surface area contributed by atoms with Crippen molar-refractivity contribution in [1.82, 2.24) is 4.98 Å². The Morgan fingerprint density at radius 2 is 2.05 bits per heavy atom. The molecule has 0 amide bonds. The molecule has 7 heteroatoms. The summed E-state index contributed by atoms with van der Waals surface area (Å²) in [5.74, 6) is 1.40. The third kappa shape index (κ3) is 1.98. The summed E-state index contributed by atoms with van der Waals surface area (Å²) in [4.78, 5) is 15.6. The topological polar surface area (TPSA) is 83.9 Å². The lowest BCUT2D eigenvalue weighted by Gasteiger charge is -1.95. The molecule has 0 unspecified atom stereocenters. The molecule has 0 N–H and O–H groups in total. The second kappa shape index (κ2) is 4.80. The summed E-state index contributed by atoms with van der Waals surface area (Å²) in [5.41, 5.74) is 0.620. The van der Waals surface area contributed by atoms with E-state index in [4.69, 9.17) is 23.0 Å². The smallest absolute Gasteiger partial charge is 0.375 e. The lowest BCUT2D eigenvalue weighted by atomic mass is 10.2. The first-order valence-corrected chi connectivity index (χ1v) is 6.71. The van der Waals surface area contributed by atoms with E-state index >= 15 is 0 Å². The van der Waals surface area contributed by atoms with E-state index in [1.165, 1.54) is 6.20 Å². The van der Waals surface area contributed by atoms with Gasteiger partial charge in [-0.2, -0.15) is 0 Å². The SMILES string of the molecule is CCOC(=O)c1cnc(-c2cc3cc4c(cc3o2)OCO4)o1. The minimum absolute atomic E-state index is 0.0338. The summed E-state index contributed by atoms with van der Waals surface area (Å²) in [7, 11) is 0. The number of ether oxygens (including phenoxy) is 3. The van der Waals surface area contributed by atoms with Crippen LogP contribution in [0.25, 0.3) is 22.6 Å². The number of hydrogen-bond acceptors (Lipinski definition) is 7. The van der Waals surface area contributed by atoms with Crippen molar-refractivity contribution < 1.29 is 27.8 Å². The number of carbonyl (C=O) groups excluding carboxylic acids is 1. The monoisotopic (exact) mass is 301 g/mol. The number of oxazole rings is 1. The average Bonchev–Trinajstić information content (AvgIpc) is 3.22. The van der Waals surface area contributed by atoms with Crippen molar-refractivity contribution in [2.24, 2.45) is 0 Å². The fourth-order valence-corrected chi connectivity index (χ4v) is 2.22. The quantitative estimate of drug-likeness (QED) is 0.687. The van der Waals surface area contributed by atoms with Crippen LogP contribution < -0.4 is 9.47 Å². The summed E-state index contributed by atoms with van der Waals surface area (Å²) in [5, 5.41) is 0.829. The average molecular weight is 301 g/mol.